The van der Waals surface area contributed by atoms with Crippen molar-refractivity contribution in [3.8, 4) is 5.75 Å². The summed E-state index contributed by atoms with van der Waals surface area (Å²) >= 11 is 0. The van der Waals surface area contributed by atoms with Gasteiger partial charge in [0.1, 0.15) is 17.9 Å². The molecule has 0 aliphatic heterocycles. The number of carbonyl (C=O) groups excluding carboxylic acids is 1. The van der Waals surface area contributed by atoms with E-state index in [0.29, 0.717) is 17.4 Å². The highest BCUT2D eigenvalue weighted by Crippen LogP contribution is 2.22. The van der Waals surface area contributed by atoms with Crippen molar-refractivity contribution >= 4 is 16.9 Å². The molecule has 0 fully saturated rings. The number of hydrogen-bond donors (Lipinski definition) is 1. The summed E-state index contributed by atoms with van der Waals surface area (Å²) in [5.74, 6) is -0.332. The number of phenolic OH excluding ortho intramolecular Hbond substituents is 1. The summed E-state index contributed by atoms with van der Waals surface area (Å²) in [7, 11) is 0. The molecule has 5 heteroatoms. The van der Waals surface area contributed by atoms with Crippen molar-refractivity contribution in [1.82, 2.24) is 0 Å². The van der Waals surface area contributed by atoms with Crippen LogP contribution in [0.25, 0.3) is 11.0 Å². The van der Waals surface area contributed by atoms with Crippen LogP contribution in [0, 0.1) is 0 Å². The Bertz CT molecular complexity index is 912. The summed E-state index contributed by atoms with van der Waals surface area (Å²) in [6.45, 7) is -0.0134. The van der Waals surface area contributed by atoms with E-state index in [1.807, 2.05) is 30.3 Å². The zero-order chi connectivity index (χ0) is 16.9. The minimum Gasteiger partial charge on any atom is -0.508 e. The van der Waals surface area contributed by atoms with Crippen LogP contribution in [0.1, 0.15) is 17.5 Å². The molecule has 3 aromatic rings. The molecule has 0 spiro atoms. The van der Waals surface area contributed by atoms with Gasteiger partial charge in [0.05, 0.1) is 0 Å². The number of rotatable bonds is 5. The number of phenols is 1. The molecule has 0 aliphatic carbocycles. The molecule has 0 saturated carbocycles. The van der Waals surface area contributed by atoms with Crippen LogP contribution < -0.4 is 5.63 Å². The van der Waals surface area contributed by atoms with Gasteiger partial charge in [0.2, 0.25) is 0 Å². The van der Waals surface area contributed by atoms with E-state index in [9.17, 15) is 14.7 Å². The molecule has 1 heterocycles. The van der Waals surface area contributed by atoms with Crippen LogP contribution in [0.3, 0.4) is 0 Å². The van der Waals surface area contributed by atoms with Crippen molar-refractivity contribution < 1.29 is 19.1 Å². The first-order chi connectivity index (χ1) is 11.6. The SMILES string of the molecule is O=C(CCc1ccccc1)OCc1cc(=O)oc2cc(O)ccc12. The van der Waals surface area contributed by atoms with Gasteiger partial charge in [0, 0.05) is 29.5 Å². The van der Waals surface area contributed by atoms with Gasteiger partial charge in [-0.25, -0.2) is 4.79 Å². The second-order valence-corrected chi connectivity index (χ2v) is 5.42. The third-order valence-electron chi connectivity index (χ3n) is 3.66. The first-order valence-corrected chi connectivity index (χ1v) is 7.57. The highest BCUT2D eigenvalue weighted by Gasteiger charge is 2.10. The monoisotopic (exact) mass is 324 g/mol. The highest BCUT2D eigenvalue weighted by atomic mass is 16.5. The average Bonchev–Trinajstić information content (AvgIpc) is 2.58. The molecule has 24 heavy (non-hydrogen) atoms. The smallest absolute Gasteiger partial charge is 0.336 e. The molecule has 1 aromatic heterocycles. The fourth-order valence-corrected chi connectivity index (χ4v) is 2.46. The average molecular weight is 324 g/mol. The fourth-order valence-electron chi connectivity index (χ4n) is 2.46. The summed E-state index contributed by atoms with van der Waals surface area (Å²) in [6.07, 6.45) is 0.870. The predicted octanol–water partition coefficient (Wildman–Crippen LogP) is 3.17. The molecule has 1 N–H and O–H groups in total. The lowest BCUT2D eigenvalue weighted by Gasteiger charge is -2.07. The molecule has 0 bridgehead atoms. The second kappa shape index (κ2) is 7.00. The van der Waals surface area contributed by atoms with Crippen LogP contribution in [0.5, 0.6) is 5.75 Å². The van der Waals surface area contributed by atoms with Gasteiger partial charge in [-0.3, -0.25) is 4.79 Å². The summed E-state index contributed by atoms with van der Waals surface area (Å²) < 4.78 is 10.3. The molecule has 0 atom stereocenters. The van der Waals surface area contributed by atoms with E-state index in [1.54, 1.807) is 6.07 Å². The number of carbonyl (C=O) groups is 1. The van der Waals surface area contributed by atoms with Crippen LogP contribution in [0.15, 0.2) is 63.8 Å². The molecule has 0 aliphatic rings. The standard InChI is InChI=1S/C19H16O5/c20-15-7-8-16-14(10-19(22)24-17(16)11-15)12-23-18(21)9-6-13-4-2-1-3-5-13/h1-5,7-8,10-11,20H,6,9,12H2. The van der Waals surface area contributed by atoms with Crippen LogP contribution in [0.4, 0.5) is 0 Å². The Morgan fingerprint density at radius 3 is 2.67 bits per heavy atom. The number of ether oxygens (including phenoxy) is 1. The van der Waals surface area contributed by atoms with Gasteiger partial charge in [-0.1, -0.05) is 30.3 Å². The van der Waals surface area contributed by atoms with E-state index in [-0.39, 0.29) is 30.3 Å². The minimum absolute atomic E-state index is 0.00246. The van der Waals surface area contributed by atoms with E-state index in [2.05, 4.69) is 0 Å². The molecule has 0 radical (unpaired) electrons. The van der Waals surface area contributed by atoms with E-state index in [1.165, 1.54) is 18.2 Å². The van der Waals surface area contributed by atoms with Crippen molar-refractivity contribution in [2.24, 2.45) is 0 Å². The molecule has 0 unspecified atom stereocenters. The lowest BCUT2D eigenvalue weighted by Crippen LogP contribution is -2.08. The molecular formula is C19H16O5. The fraction of sp³-hybridized carbons (Fsp3) is 0.158. The molecule has 2 aromatic carbocycles. The lowest BCUT2D eigenvalue weighted by molar-refractivity contribution is -0.144. The Balaban J connectivity index is 1.67. The van der Waals surface area contributed by atoms with Crippen molar-refractivity contribution in [1.29, 1.82) is 0 Å². The van der Waals surface area contributed by atoms with Gasteiger partial charge in [-0.05, 0) is 24.1 Å². The molecule has 5 nitrogen and oxygen atoms in total. The van der Waals surface area contributed by atoms with Crippen LogP contribution in [-0.2, 0) is 22.6 Å². The molecular weight excluding hydrogens is 308 g/mol. The van der Waals surface area contributed by atoms with E-state index < -0.39 is 5.63 Å². The normalized spacial score (nSPS) is 10.7. The minimum atomic E-state index is -0.552. The van der Waals surface area contributed by atoms with Gasteiger partial charge >= 0.3 is 11.6 Å². The Labute approximate surface area is 138 Å². The van der Waals surface area contributed by atoms with Gasteiger partial charge in [0.15, 0.2) is 0 Å². The molecule has 0 saturated heterocycles. The Morgan fingerprint density at radius 2 is 1.88 bits per heavy atom. The van der Waals surface area contributed by atoms with Crippen molar-refractivity contribution in [2.45, 2.75) is 19.4 Å². The topological polar surface area (TPSA) is 76.7 Å². The molecule has 122 valence electrons. The van der Waals surface area contributed by atoms with Crippen molar-refractivity contribution in [3.05, 3.63) is 76.1 Å². The largest absolute Gasteiger partial charge is 0.508 e. The molecule has 0 amide bonds. The zero-order valence-corrected chi connectivity index (χ0v) is 12.9. The first kappa shape index (κ1) is 15.8. The van der Waals surface area contributed by atoms with Crippen molar-refractivity contribution in [2.75, 3.05) is 0 Å². The predicted molar refractivity (Wildman–Crippen MR) is 88.7 cm³/mol. The van der Waals surface area contributed by atoms with Gasteiger partial charge < -0.3 is 14.3 Å². The number of benzene rings is 2. The van der Waals surface area contributed by atoms with Gasteiger partial charge in [-0.2, -0.15) is 0 Å². The lowest BCUT2D eigenvalue weighted by atomic mass is 10.1. The van der Waals surface area contributed by atoms with E-state index in [4.69, 9.17) is 9.15 Å². The Morgan fingerprint density at radius 1 is 1.08 bits per heavy atom. The second-order valence-electron chi connectivity index (χ2n) is 5.42. The quantitative estimate of drug-likeness (QED) is 0.576. The maximum Gasteiger partial charge on any atom is 0.336 e. The first-order valence-electron chi connectivity index (χ1n) is 7.57. The maximum absolute atomic E-state index is 11.9. The van der Waals surface area contributed by atoms with Gasteiger partial charge in [-0.15, -0.1) is 0 Å². The zero-order valence-electron chi connectivity index (χ0n) is 12.9. The van der Waals surface area contributed by atoms with E-state index >= 15 is 0 Å². The maximum atomic E-state index is 11.9. The Kier molecular flexibility index (Phi) is 4.61. The molecule has 3 rings (SSSR count). The van der Waals surface area contributed by atoms with Crippen LogP contribution in [0.2, 0.25) is 0 Å². The number of aryl methyl sites for hydroxylation is 1. The highest BCUT2D eigenvalue weighted by molar-refractivity contribution is 5.81. The summed E-state index contributed by atoms with van der Waals surface area (Å²) in [6, 6.07) is 15.4. The third-order valence-corrected chi connectivity index (χ3v) is 3.66. The number of hydrogen-bond acceptors (Lipinski definition) is 5. The summed E-state index contributed by atoms with van der Waals surface area (Å²) in [4.78, 5) is 23.5. The Hall–Kier alpha value is -3.08. The van der Waals surface area contributed by atoms with Crippen molar-refractivity contribution in [3.63, 3.8) is 0 Å². The third kappa shape index (κ3) is 3.81. The number of aromatic hydroxyl groups is 1. The summed E-state index contributed by atoms with van der Waals surface area (Å²) in [5.41, 5.74) is 1.33. The number of esters is 1. The van der Waals surface area contributed by atoms with Gasteiger partial charge in [0.25, 0.3) is 0 Å². The van der Waals surface area contributed by atoms with E-state index in [0.717, 1.165) is 5.56 Å². The van der Waals surface area contributed by atoms with Crippen LogP contribution >= 0.6 is 0 Å². The van der Waals surface area contributed by atoms with Crippen LogP contribution in [-0.4, -0.2) is 11.1 Å². The number of fused-ring (bicyclic) bond motifs is 1. The summed E-state index contributed by atoms with van der Waals surface area (Å²) in [5, 5.41) is 10.1.